The van der Waals surface area contributed by atoms with Gasteiger partial charge >= 0.3 is 0 Å². The Hall–Kier alpha value is -2.07. The maximum atomic E-state index is 5.87. The van der Waals surface area contributed by atoms with Gasteiger partial charge in [0.2, 0.25) is 5.88 Å². The minimum absolute atomic E-state index is 0. The molecule has 31 heavy (non-hydrogen) atoms. The predicted molar refractivity (Wildman–Crippen MR) is 136 cm³/mol. The van der Waals surface area contributed by atoms with E-state index in [9.17, 15) is 0 Å². The Morgan fingerprint density at radius 2 is 1.81 bits per heavy atom. The zero-order valence-corrected chi connectivity index (χ0v) is 20.8. The second kappa shape index (κ2) is 14.1. The van der Waals surface area contributed by atoms with Gasteiger partial charge in [0.1, 0.15) is 11.5 Å². The number of benzene rings is 1. The maximum Gasteiger partial charge on any atom is 0.219 e. The molecule has 0 amide bonds. The van der Waals surface area contributed by atoms with Gasteiger partial charge in [-0.15, -0.1) is 24.0 Å². The van der Waals surface area contributed by atoms with E-state index in [0.29, 0.717) is 19.0 Å². The molecule has 1 fully saturated rings. The average molecular weight is 539 g/mol. The second-order valence-electron chi connectivity index (χ2n) is 7.26. The number of guanidine groups is 1. The fraction of sp³-hybridized carbons (Fsp3) is 0.478. The Bertz CT molecular complexity index is 795. The average Bonchev–Trinajstić information content (AvgIpc) is 2.78. The van der Waals surface area contributed by atoms with Crippen LogP contribution in [0.15, 0.2) is 47.6 Å². The van der Waals surface area contributed by atoms with Gasteiger partial charge in [0.15, 0.2) is 5.96 Å². The summed E-state index contributed by atoms with van der Waals surface area (Å²) < 4.78 is 11.3. The molecule has 1 aliphatic heterocycles. The Balaban J connectivity index is 0.00000341. The van der Waals surface area contributed by atoms with Crippen molar-refractivity contribution >= 4 is 29.9 Å². The summed E-state index contributed by atoms with van der Waals surface area (Å²) in [5.74, 6) is 2.92. The van der Waals surface area contributed by atoms with Crippen LogP contribution in [0.5, 0.6) is 17.4 Å². The highest BCUT2D eigenvalue weighted by molar-refractivity contribution is 14.0. The number of hydrogen-bond acceptors (Lipinski definition) is 5. The van der Waals surface area contributed by atoms with Gasteiger partial charge in [-0.2, -0.15) is 0 Å². The van der Waals surface area contributed by atoms with Crippen molar-refractivity contribution < 1.29 is 9.47 Å². The van der Waals surface area contributed by atoms with E-state index in [1.165, 1.54) is 32.4 Å². The molecule has 1 aliphatic rings. The van der Waals surface area contributed by atoms with Crippen LogP contribution < -0.4 is 20.1 Å². The largest absolute Gasteiger partial charge is 0.494 e. The predicted octanol–water partition coefficient (Wildman–Crippen LogP) is 4.04. The summed E-state index contributed by atoms with van der Waals surface area (Å²) in [6.07, 6.45) is 5.75. The number of rotatable bonds is 9. The van der Waals surface area contributed by atoms with Crippen LogP contribution in [0.2, 0.25) is 0 Å². The number of ether oxygens (including phenoxy) is 2. The molecule has 0 spiro atoms. The fourth-order valence-corrected chi connectivity index (χ4v) is 3.43. The number of halogens is 1. The molecule has 1 aromatic heterocycles. The molecule has 0 unspecified atom stereocenters. The molecule has 0 radical (unpaired) electrons. The summed E-state index contributed by atoms with van der Waals surface area (Å²) in [4.78, 5) is 11.1. The number of pyridine rings is 1. The first kappa shape index (κ1) is 25.2. The van der Waals surface area contributed by atoms with Gasteiger partial charge in [-0.3, -0.25) is 4.99 Å². The normalized spacial score (nSPS) is 14.5. The standard InChI is InChI=1S/C23H33N5O2.HI/c1-3-29-20-7-9-21(10-8-20)30-22-17-19(11-12-25-22)18-27-23(24-2)26-13-16-28-14-5-4-6-15-28;/h7-12,17H,3-6,13-16,18H2,1-2H3,(H2,24,26,27);1H. The number of aliphatic imine (C=N–C) groups is 1. The van der Waals surface area contributed by atoms with E-state index in [-0.39, 0.29) is 24.0 Å². The number of piperidine rings is 1. The second-order valence-corrected chi connectivity index (χ2v) is 7.26. The number of nitrogens with zero attached hydrogens (tertiary/aromatic N) is 3. The van der Waals surface area contributed by atoms with Gasteiger partial charge in [-0.05, 0) is 68.8 Å². The smallest absolute Gasteiger partial charge is 0.219 e. The highest BCUT2D eigenvalue weighted by Gasteiger charge is 2.09. The van der Waals surface area contributed by atoms with Crippen LogP contribution in [0.1, 0.15) is 31.7 Å². The third-order valence-electron chi connectivity index (χ3n) is 5.01. The molecule has 170 valence electrons. The lowest BCUT2D eigenvalue weighted by Gasteiger charge is -2.26. The third kappa shape index (κ3) is 8.90. The molecule has 0 saturated carbocycles. The van der Waals surface area contributed by atoms with E-state index in [0.717, 1.165) is 36.1 Å². The SMILES string of the molecule is CCOc1ccc(Oc2cc(CNC(=NC)NCCN3CCCCC3)ccn2)cc1.I. The van der Waals surface area contributed by atoms with Crippen LogP contribution in [-0.2, 0) is 6.54 Å². The van der Waals surface area contributed by atoms with Gasteiger partial charge in [-0.25, -0.2) is 4.98 Å². The van der Waals surface area contributed by atoms with Gasteiger partial charge in [0.25, 0.3) is 0 Å². The highest BCUT2D eigenvalue weighted by Crippen LogP contribution is 2.23. The van der Waals surface area contributed by atoms with Gasteiger partial charge in [0.05, 0.1) is 6.61 Å². The molecule has 0 atom stereocenters. The summed E-state index contributed by atoms with van der Waals surface area (Å²) in [6, 6.07) is 11.5. The van der Waals surface area contributed by atoms with Gasteiger partial charge < -0.3 is 25.0 Å². The number of hydrogen-bond donors (Lipinski definition) is 2. The Kier molecular flexibility index (Phi) is 11.4. The molecular formula is C23H34IN5O2. The van der Waals surface area contributed by atoms with E-state index < -0.39 is 0 Å². The monoisotopic (exact) mass is 539 g/mol. The van der Waals surface area contributed by atoms with Gasteiger partial charge in [0, 0.05) is 38.9 Å². The Morgan fingerprint density at radius 3 is 2.52 bits per heavy atom. The number of aromatic nitrogens is 1. The fourth-order valence-electron chi connectivity index (χ4n) is 3.43. The first-order chi connectivity index (χ1) is 14.8. The first-order valence-electron chi connectivity index (χ1n) is 10.8. The van der Waals surface area contributed by atoms with Crippen molar-refractivity contribution in [1.82, 2.24) is 20.5 Å². The van der Waals surface area contributed by atoms with Crippen LogP contribution in [0.3, 0.4) is 0 Å². The molecule has 2 N–H and O–H groups in total. The lowest BCUT2D eigenvalue weighted by molar-refractivity contribution is 0.232. The first-order valence-corrected chi connectivity index (χ1v) is 10.8. The Morgan fingerprint density at radius 1 is 1.06 bits per heavy atom. The molecule has 0 bridgehead atoms. The van der Waals surface area contributed by atoms with Gasteiger partial charge in [-0.1, -0.05) is 6.42 Å². The zero-order chi connectivity index (χ0) is 21.0. The van der Waals surface area contributed by atoms with Crippen molar-refractivity contribution in [2.45, 2.75) is 32.7 Å². The molecule has 8 heteroatoms. The minimum atomic E-state index is 0. The van der Waals surface area contributed by atoms with E-state index in [1.54, 1.807) is 13.2 Å². The van der Waals surface area contributed by atoms with Crippen molar-refractivity contribution in [1.29, 1.82) is 0 Å². The minimum Gasteiger partial charge on any atom is -0.494 e. The van der Waals surface area contributed by atoms with Crippen LogP contribution in [0, 0.1) is 0 Å². The molecule has 0 aliphatic carbocycles. The van der Waals surface area contributed by atoms with E-state index in [1.807, 2.05) is 43.3 Å². The Labute approximate surface area is 202 Å². The van der Waals surface area contributed by atoms with Crippen molar-refractivity contribution in [3.8, 4) is 17.4 Å². The van der Waals surface area contributed by atoms with Crippen molar-refractivity contribution in [2.24, 2.45) is 4.99 Å². The lowest BCUT2D eigenvalue weighted by Crippen LogP contribution is -2.42. The molecule has 2 heterocycles. The highest BCUT2D eigenvalue weighted by atomic mass is 127. The van der Waals surface area contributed by atoms with Crippen molar-refractivity contribution in [3.63, 3.8) is 0 Å². The van der Waals surface area contributed by atoms with Crippen LogP contribution in [0.4, 0.5) is 0 Å². The quantitative estimate of drug-likeness (QED) is 0.285. The van der Waals surface area contributed by atoms with Crippen molar-refractivity contribution in [2.75, 3.05) is 39.8 Å². The summed E-state index contributed by atoms with van der Waals surface area (Å²) in [7, 11) is 1.79. The number of likely N-dealkylation sites (tertiary alicyclic amines) is 1. The molecule has 2 aromatic rings. The summed E-state index contributed by atoms with van der Waals surface area (Å²) in [5.41, 5.74) is 1.07. The molecular weight excluding hydrogens is 505 g/mol. The zero-order valence-electron chi connectivity index (χ0n) is 18.5. The van der Waals surface area contributed by atoms with Crippen LogP contribution >= 0.6 is 24.0 Å². The summed E-state index contributed by atoms with van der Waals surface area (Å²) >= 11 is 0. The maximum absolute atomic E-state index is 5.87. The van der Waals surface area contributed by atoms with E-state index >= 15 is 0 Å². The lowest BCUT2D eigenvalue weighted by atomic mass is 10.1. The third-order valence-corrected chi connectivity index (χ3v) is 5.01. The van der Waals surface area contributed by atoms with Crippen LogP contribution in [-0.4, -0.2) is 55.7 Å². The summed E-state index contributed by atoms with van der Waals surface area (Å²) in [6.45, 7) is 7.62. The van der Waals surface area contributed by atoms with Crippen LogP contribution in [0.25, 0.3) is 0 Å². The van der Waals surface area contributed by atoms with E-state index in [4.69, 9.17) is 9.47 Å². The molecule has 7 nitrogen and oxygen atoms in total. The van der Waals surface area contributed by atoms with Crippen molar-refractivity contribution in [3.05, 3.63) is 48.2 Å². The molecule has 1 aromatic carbocycles. The van der Waals surface area contributed by atoms with E-state index in [2.05, 4.69) is 25.5 Å². The number of nitrogens with one attached hydrogen (secondary N) is 2. The molecule has 1 saturated heterocycles. The molecule has 3 rings (SSSR count). The topological polar surface area (TPSA) is 71.0 Å². The summed E-state index contributed by atoms with van der Waals surface area (Å²) in [5, 5.41) is 6.75.